The number of pyridine rings is 1. The quantitative estimate of drug-likeness (QED) is 0.856. The first kappa shape index (κ1) is 12.3. The van der Waals surface area contributed by atoms with E-state index in [1.54, 1.807) is 7.11 Å². The molecule has 0 saturated carbocycles. The van der Waals surface area contributed by atoms with E-state index in [-0.39, 0.29) is 0 Å². The zero-order chi connectivity index (χ0) is 12.3. The number of nitrogens with zero attached hydrogens (tertiary/aromatic N) is 2. The molecule has 0 radical (unpaired) electrons. The molecule has 1 fully saturated rings. The SMILES string of the molecule is COc1ccc(CN2CC(C)NC(C)C2)cn1. The van der Waals surface area contributed by atoms with Crippen molar-refractivity contribution in [1.82, 2.24) is 15.2 Å². The Hall–Kier alpha value is -1.13. The molecule has 94 valence electrons. The predicted octanol–water partition coefficient (Wildman–Crippen LogP) is 1.27. The highest BCUT2D eigenvalue weighted by Crippen LogP contribution is 2.12. The molecule has 0 amide bonds. The van der Waals surface area contributed by atoms with Crippen LogP contribution in [-0.2, 0) is 6.54 Å². The van der Waals surface area contributed by atoms with E-state index >= 15 is 0 Å². The highest BCUT2D eigenvalue weighted by atomic mass is 16.5. The number of piperazine rings is 1. The fourth-order valence-corrected chi connectivity index (χ4v) is 2.45. The van der Waals surface area contributed by atoms with E-state index in [0.29, 0.717) is 18.0 Å². The molecule has 0 aliphatic carbocycles. The van der Waals surface area contributed by atoms with Crippen LogP contribution >= 0.6 is 0 Å². The van der Waals surface area contributed by atoms with E-state index in [1.165, 1.54) is 5.56 Å². The van der Waals surface area contributed by atoms with Crippen LogP contribution in [0.2, 0.25) is 0 Å². The lowest BCUT2D eigenvalue weighted by Gasteiger charge is -2.36. The summed E-state index contributed by atoms with van der Waals surface area (Å²) in [7, 11) is 1.64. The topological polar surface area (TPSA) is 37.4 Å². The van der Waals surface area contributed by atoms with Gasteiger partial charge in [-0.3, -0.25) is 4.90 Å². The number of ether oxygens (including phenoxy) is 1. The molecule has 2 rings (SSSR count). The molecule has 0 aromatic carbocycles. The van der Waals surface area contributed by atoms with E-state index < -0.39 is 0 Å². The van der Waals surface area contributed by atoms with Crippen molar-refractivity contribution in [3.05, 3.63) is 23.9 Å². The predicted molar refractivity (Wildman–Crippen MR) is 68.1 cm³/mol. The van der Waals surface area contributed by atoms with Crippen LogP contribution < -0.4 is 10.1 Å². The van der Waals surface area contributed by atoms with E-state index in [9.17, 15) is 0 Å². The van der Waals surface area contributed by atoms with Gasteiger partial charge < -0.3 is 10.1 Å². The van der Waals surface area contributed by atoms with Crippen molar-refractivity contribution >= 4 is 0 Å². The molecule has 1 N–H and O–H groups in total. The van der Waals surface area contributed by atoms with Gasteiger partial charge in [-0.2, -0.15) is 0 Å². The van der Waals surface area contributed by atoms with E-state index in [4.69, 9.17) is 4.74 Å². The van der Waals surface area contributed by atoms with Crippen molar-refractivity contribution in [1.29, 1.82) is 0 Å². The van der Waals surface area contributed by atoms with Crippen molar-refractivity contribution in [3.63, 3.8) is 0 Å². The zero-order valence-corrected chi connectivity index (χ0v) is 10.8. The van der Waals surface area contributed by atoms with Crippen LogP contribution in [0.3, 0.4) is 0 Å². The average Bonchev–Trinajstić information content (AvgIpc) is 2.28. The molecule has 2 atom stereocenters. The first-order valence-electron chi connectivity index (χ1n) is 6.14. The first-order valence-corrected chi connectivity index (χ1v) is 6.14. The number of hydrogen-bond donors (Lipinski definition) is 1. The Bertz CT molecular complexity index is 342. The number of nitrogens with one attached hydrogen (secondary N) is 1. The van der Waals surface area contributed by atoms with Crippen molar-refractivity contribution in [2.24, 2.45) is 0 Å². The van der Waals surface area contributed by atoms with Crippen LogP contribution in [-0.4, -0.2) is 42.2 Å². The van der Waals surface area contributed by atoms with Gasteiger partial charge in [0.1, 0.15) is 0 Å². The number of hydrogen-bond acceptors (Lipinski definition) is 4. The molecule has 0 bridgehead atoms. The van der Waals surface area contributed by atoms with Gasteiger partial charge in [0.2, 0.25) is 5.88 Å². The summed E-state index contributed by atoms with van der Waals surface area (Å²) in [5.41, 5.74) is 1.24. The Balaban J connectivity index is 1.95. The molecule has 1 aliphatic heterocycles. The van der Waals surface area contributed by atoms with Gasteiger partial charge >= 0.3 is 0 Å². The Morgan fingerprint density at radius 1 is 1.35 bits per heavy atom. The van der Waals surface area contributed by atoms with Crippen LogP contribution in [0.4, 0.5) is 0 Å². The van der Waals surface area contributed by atoms with Crippen LogP contribution in [0.15, 0.2) is 18.3 Å². The van der Waals surface area contributed by atoms with Gasteiger partial charge in [0.25, 0.3) is 0 Å². The minimum atomic E-state index is 0.560. The molecular weight excluding hydrogens is 214 g/mol. The third-order valence-corrected chi connectivity index (χ3v) is 3.05. The molecule has 1 saturated heterocycles. The second kappa shape index (κ2) is 5.47. The number of aromatic nitrogens is 1. The molecule has 0 spiro atoms. The second-order valence-corrected chi connectivity index (χ2v) is 4.87. The minimum Gasteiger partial charge on any atom is -0.481 e. The molecule has 17 heavy (non-hydrogen) atoms. The van der Waals surface area contributed by atoms with Crippen molar-refractivity contribution in [3.8, 4) is 5.88 Å². The summed E-state index contributed by atoms with van der Waals surface area (Å²) in [4.78, 5) is 6.70. The smallest absolute Gasteiger partial charge is 0.212 e. The van der Waals surface area contributed by atoms with E-state index in [1.807, 2.05) is 12.3 Å². The van der Waals surface area contributed by atoms with Crippen LogP contribution in [0, 0.1) is 0 Å². The van der Waals surface area contributed by atoms with Crippen LogP contribution in [0.25, 0.3) is 0 Å². The molecule has 2 heterocycles. The van der Waals surface area contributed by atoms with Gasteiger partial charge in [-0.1, -0.05) is 6.07 Å². The van der Waals surface area contributed by atoms with Gasteiger partial charge in [-0.05, 0) is 19.4 Å². The summed E-state index contributed by atoms with van der Waals surface area (Å²) in [5.74, 6) is 0.677. The van der Waals surface area contributed by atoms with E-state index in [0.717, 1.165) is 19.6 Å². The maximum atomic E-state index is 5.06. The first-order chi connectivity index (χ1) is 8.17. The van der Waals surface area contributed by atoms with Crippen LogP contribution in [0.1, 0.15) is 19.4 Å². The molecule has 1 aromatic rings. The molecule has 1 aromatic heterocycles. The fraction of sp³-hybridized carbons (Fsp3) is 0.615. The summed E-state index contributed by atoms with van der Waals surface area (Å²) in [6.07, 6.45) is 1.90. The summed E-state index contributed by atoms with van der Waals surface area (Å²) in [6, 6.07) is 5.13. The highest BCUT2D eigenvalue weighted by Gasteiger charge is 2.20. The minimum absolute atomic E-state index is 0.560. The number of methoxy groups -OCH3 is 1. The fourth-order valence-electron chi connectivity index (χ4n) is 2.45. The van der Waals surface area contributed by atoms with Gasteiger partial charge in [-0.25, -0.2) is 4.98 Å². The van der Waals surface area contributed by atoms with Crippen LogP contribution in [0.5, 0.6) is 5.88 Å². The monoisotopic (exact) mass is 235 g/mol. The average molecular weight is 235 g/mol. The molecular formula is C13H21N3O. The largest absolute Gasteiger partial charge is 0.481 e. The highest BCUT2D eigenvalue weighted by molar-refractivity contribution is 5.17. The van der Waals surface area contributed by atoms with Crippen molar-refractivity contribution in [2.45, 2.75) is 32.5 Å². The summed E-state index contributed by atoms with van der Waals surface area (Å²) in [5, 5.41) is 3.54. The Morgan fingerprint density at radius 2 is 2.06 bits per heavy atom. The second-order valence-electron chi connectivity index (χ2n) is 4.87. The summed E-state index contributed by atoms with van der Waals surface area (Å²) < 4.78 is 5.06. The molecule has 2 unspecified atom stereocenters. The normalized spacial score (nSPS) is 25.8. The maximum absolute atomic E-state index is 5.06. The van der Waals surface area contributed by atoms with Gasteiger partial charge in [0, 0.05) is 44.0 Å². The molecule has 1 aliphatic rings. The maximum Gasteiger partial charge on any atom is 0.212 e. The van der Waals surface area contributed by atoms with E-state index in [2.05, 4.69) is 35.1 Å². The lowest BCUT2D eigenvalue weighted by atomic mass is 10.1. The summed E-state index contributed by atoms with van der Waals surface area (Å²) >= 11 is 0. The van der Waals surface area contributed by atoms with Gasteiger partial charge in [0.05, 0.1) is 7.11 Å². The standard InChI is InChI=1S/C13H21N3O/c1-10-7-16(8-11(2)15-10)9-12-4-5-13(17-3)14-6-12/h4-6,10-11,15H,7-9H2,1-3H3. The lowest BCUT2D eigenvalue weighted by Crippen LogP contribution is -2.53. The Kier molecular flexibility index (Phi) is 3.97. The van der Waals surface area contributed by atoms with Gasteiger partial charge in [-0.15, -0.1) is 0 Å². The zero-order valence-electron chi connectivity index (χ0n) is 10.8. The van der Waals surface area contributed by atoms with Gasteiger partial charge in [0.15, 0.2) is 0 Å². The van der Waals surface area contributed by atoms with Crippen molar-refractivity contribution < 1.29 is 4.74 Å². The molecule has 4 nitrogen and oxygen atoms in total. The number of rotatable bonds is 3. The lowest BCUT2D eigenvalue weighted by molar-refractivity contribution is 0.166. The van der Waals surface area contributed by atoms with Crippen molar-refractivity contribution in [2.75, 3.05) is 20.2 Å². The third-order valence-electron chi connectivity index (χ3n) is 3.05. The third kappa shape index (κ3) is 3.41. The Labute approximate surface area is 103 Å². The summed E-state index contributed by atoms with van der Waals surface area (Å²) in [6.45, 7) is 7.62. The Morgan fingerprint density at radius 3 is 2.59 bits per heavy atom. The molecule has 4 heteroatoms.